The van der Waals surface area contributed by atoms with E-state index < -0.39 is 15.8 Å². The Labute approximate surface area is 156 Å². The fourth-order valence-electron chi connectivity index (χ4n) is 2.25. The van der Waals surface area contributed by atoms with Crippen LogP contribution in [-0.4, -0.2) is 31.4 Å². The predicted molar refractivity (Wildman–Crippen MR) is 98.4 cm³/mol. The van der Waals surface area contributed by atoms with Crippen molar-refractivity contribution in [2.24, 2.45) is 0 Å². The molecule has 10 heteroatoms. The number of hydrogen-bond donors (Lipinski definition) is 1. The number of sulfonamides is 1. The first-order valence-electron chi connectivity index (χ1n) is 6.93. The summed E-state index contributed by atoms with van der Waals surface area (Å²) < 4.78 is 48.4. The van der Waals surface area contributed by atoms with E-state index in [0.717, 1.165) is 11.0 Å². The molecule has 0 saturated heterocycles. The van der Waals surface area contributed by atoms with E-state index in [1.165, 1.54) is 35.7 Å². The molecule has 3 aromatic rings. The third-order valence-electron chi connectivity index (χ3n) is 3.47. The van der Waals surface area contributed by atoms with Gasteiger partial charge in [0.15, 0.2) is 0 Å². The standard InChI is InChI=1S/C15H13BrFN3O3S2/c1-23-14-5-10(16)11(17)6-12(14)19-25(21,22)15-7-18-20-8-9(24-2)3-4-13(15)20/h3-8,19H,1-2H3. The molecular formula is C15H13BrFN3O3S2. The SMILES string of the molecule is COc1cc(Br)c(F)cc1NS(=O)(=O)c1cnn2cc(SC)ccc12. The second-order valence-corrected chi connectivity index (χ2v) is 8.36. The second kappa shape index (κ2) is 6.85. The molecule has 132 valence electrons. The van der Waals surface area contributed by atoms with Crippen LogP contribution in [0.4, 0.5) is 10.1 Å². The minimum atomic E-state index is -3.98. The fourth-order valence-corrected chi connectivity index (χ4v) is 4.16. The van der Waals surface area contributed by atoms with Gasteiger partial charge in [0.05, 0.1) is 29.0 Å². The number of methoxy groups -OCH3 is 1. The number of fused-ring (bicyclic) bond motifs is 1. The van der Waals surface area contributed by atoms with Gasteiger partial charge in [0.25, 0.3) is 10.0 Å². The van der Waals surface area contributed by atoms with Crippen molar-refractivity contribution in [1.82, 2.24) is 9.61 Å². The summed E-state index contributed by atoms with van der Waals surface area (Å²) in [6.07, 6.45) is 4.90. The zero-order valence-electron chi connectivity index (χ0n) is 13.2. The lowest BCUT2D eigenvalue weighted by molar-refractivity contribution is 0.415. The van der Waals surface area contributed by atoms with Crippen molar-refractivity contribution in [1.29, 1.82) is 0 Å². The summed E-state index contributed by atoms with van der Waals surface area (Å²) in [5, 5.41) is 4.08. The van der Waals surface area contributed by atoms with Crippen LogP contribution in [0.2, 0.25) is 0 Å². The number of ether oxygens (including phenoxy) is 1. The van der Waals surface area contributed by atoms with Crippen molar-refractivity contribution in [3.8, 4) is 5.75 Å². The van der Waals surface area contributed by atoms with Gasteiger partial charge in [0.1, 0.15) is 16.5 Å². The van der Waals surface area contributed by atoms with Crippen molar-refractivity contribution in [2.45, 2.75) is 9.79 Å². The van der Waals surface area contributed by atoms with Crippen LogP contribution in [0.25, 0.3) is 5.52 Å². The molecule has 0 fully saturated rings. The topological polar surface area (TPSA) is 72.7 Å². The van der Waals surface area contributed by atoms with Gasteiger partial charge in [-0.2, -0.15) is 5.10 Å². The number of pyridine rings is 1. The number of nitrogens with one attached hydrogen (secondary N) is 1. The van der Waals surface area contributed by atoms with Crippen molar-refractivity contribution < 1.29 is 17.5 Å². The monoisotopic (exact) mass is 445 g/mol. The summed E-state index contributed by atoms with van der Waals surface area (Å²) in [5.41, 5.74) is 0.421. The number of hydrogen-bond acceptors (Lipinski definition) is 5. The lowest BCUT2D eigenvalue weighted by Crippen LogP contribution is -2.13. The molecule has 2 aromatic heterocycles. The van der Waals surface area contributed by atoms with Crippen LogP contribution in [-0.2, 0) is 10.0 Å². The van der Waals surface area contributed by atoms with Gasteiger partial charge in [-0.05, 0) is 40.4 Å². The van der Waals surface area contributed by atoms with E-state index in [-0.39, 0.29) is 20.8 Å². The van der Waals surface area contributed by atoms with Crippen LogP contribution in [0.15, 0.2) is 50.9 Å². The highest BCUT2D eigenvalue weighted by Gasteiger charge is 2.22. The maximum absolute atomic E-state index is 13.8. The molecule has 1 N–H and O–H groups in total. The third kappa shape index (κ3) is 3.46. The number of anilines is 1. The number of benzene rings is 1. The summed E-state index contributed by atoms with van der Waals surface area (Å²) in [5.74, 6) is -0.416. The highest BCUT2D eigenvalue weighted by molar-refractivity contribution is 9.10. The number of halogens is 2. The molecule has 0 aliphatic rings. The fraction of sp³-hybridized carbons (Fsp3) is 0.133. The third-order valence-corrected chi connectivity index (χ3v) is 6.17. The number of aromatic nitrogens is 2. The van der Waals surface area contributed by atoms with Crippen LogP contribution >= 0.6 is 27.7 Å². The van der Waals surface area contributed by atoms with Crippen LogP contribution in [0.5, 0.6) is 5.75 Å². The van der Waals surface area contributed by atoms with E-state index in [9.17, 15) is 12.8 Å². The van der Waals surface area contributed by atoms with Crippen molar-refractivity contribution in [3.05, 3.63) is 46.9 Å². The van der Waals surface area contributed by atoms with E-state index in [1.54, 1.807) is 18.3 Å². The lowest BCUT2D eigenvalue weighted by Gasteiger charge is -2.12. The first kappa shape index (κ1) is 18.0. The maximum atomic E-state index is 13.8. The number of nitrogens with zero attached hydrogens (tertiary/aromatic N) is 2. The molecule has 6 nitrogen and oxygen atoms in total. The normalized spacial score (nSPS) is 11.7. The molecule has 0 bridgehead atoms. The van der Waals surface area contributed by atoms with Gasteiger partial charge in [0, 0.05) is 17.2 Å². The Hall–Kier alpha value is -1.78. The highest BCUT2D eigenvalue weighted by Crippen LogP contribution is 2.33. The second-order valence-electron chi connectivity index (χ2n) is 4.98. The van der Waals surface area contributed by atoms with Crippen molar-refractivity contribution >= 4 is 48.9 Å². The molecule has 0 aliphatic carbocycles. The zero-order valence-corrected chi connectivity index (χ0v) is 16.4. The Bertz CT molecular complexity index is 1050. The zero-order chi connectivity index (χ0) is 18.2. The van der Waals surface area contributed by atoms with Gasteiger partial charge < -0.3 is 4.74 Å². The Morgan fingerprint density at radius 1 is 1.36 bits per heavy atom. The maximum Gasteiger partial charge on any atom is 0.265 e. The van der Waals surface area contributed by atoms with E-state index in [0.29, 0.717) is 5.52 Å². The van der Waals surface area contributed by atoms with E-state index in [1.807, 2.05) is 6.26 Å². The minimum absolute atomic E-state index is 0.00304. The molecule has 0 unspecified atom stereocenters. The smallest absolute Gasteiger partial charge is 0.265 e. The Kier molecular flexibility index (Phi) is 4.94. The van der Waals surface area contributed by atoms with Gasteiger partial charge in [-0.15, -0.1) is 11.8 Å². The quantitative estimate of drug-likeness (QED) is 0.605. The van der Waals surface area contributed by atoms with Gasteiger partial charge in [-0.1, -0.05) is 0 Å². The molecule has 25 heavy (non-hydrogen) atoms. The van der Waals surface area contributed by atoms with Gasteiger partial charge >= 0.3 is 0 Å². The molecule has 1 aromatic carbocycles. The Morgan fingerprint density at radius 3 is 2.80 bits per heavy atom. The molecule has 0 saturated carbocycles. The summed E-state index contributed by atoms with van der Waals surface area (Å²) in [7, 11) is -2.61. The Balaban J connectivity index is 2.05. The molecule has 0 aliphatic heterocycles. The number of thioether (sulfide) groups is 1. The first-order chi connectivity index (χ1) is 11.9. The summed E-state index contributed by atoms with van der Waals surface area (Å²) in [6.45, 7) is 0. The van der Waals surface area contributed by atoms with Gasteiger partial charge in [-0.25, -0.2) is 17.3 Å². The molecule has 0 radical (unpaired) electrons. The summed E-state index contributed by atoms with van der Waals surface area (Å²) in [6, 6.07) is 5.89. The average molecular weight is 446 g/mol. The van der Waals surface area contributed by atoms with Crippen LogP contribution in [0.1, 0.15) is 0 Å². The molecular weight excluding hydrogens is 433 g/mol. The van der Waals surface area contributed by atoms with Crippen LogP contribution < -0.4 is 9.46 Å². The summed E-state index contributed by atoms with van der Waals surface area (Å²) >= 11 is 4.56. The predicted octanol–water partition coefficient (Wildman–Crippen LogP) is 3.77. The number of rotatable bonds is 5. The van der Waals surface area contributed by atoms with Crippen molar-refractivity contribution in [3.63, 3.8) is 0 Å². The summed E-state index contributed by atoms with van der Waals surface area (Å²) in [4.78, 5) is 0.940. The first-order valence-corrected chi connectivity index (χ1v) is 10.4. The lowest BCUT2D eigenvalue weighted by atomic mass is 10.3. The molecule has 2 heterocycles. The van der Waals surface area contributed by atoms with Crippen molar-refractivity contribution in [2.75, 3.05) is 18.1 Å². The molecule has 0 atom stereocenters. The Morgan fingerprint density at radius 2 is 2.12 bits per heavy atom. The van der Waals surface area contributed by atoms with E-state index in [2.05, 4.69) is 25.8 Å². The minimum Gasteiger partial charge on any atom is -0.495 e. The highest BCUT2D eigenvalue weighted by atomic mass is 79.9. The largest absolute Gasteiger partial charge is 0.495 e. The van der Waals surface area contributed by atoms with Crippen LogP contribution in [0, 0.1) is 5.82 Å². The molecule has 0 spiro atoms. The van der Waals surface area contributed by atoms with E-state index >= 15 is 0 Å². The van der Waals surface area contributed by atoms with Gasteiger partial charge in [0.2, 0.25) is 0 Å². The van der Waals surface area contributed by atoms with E-state index in [4.69, 9.17) is 4.74 Å². The van der Waals surface area contributed by atoms with Crippen LogP contribution in [0.3, 0.4) is 0 Å². The van der Waals surface area contributed by atoms with Gasteiger partial charge in [-0.3, -0.25) is 4.72 Å². The molecule has 0 amide bonds. The average Bonchev–Trinajstić information content (AvgIpc) is 3.01. The molecule has 3 rings (SSSR count).